The zero-order valence-electron chi connectivity index (χ0n) is 15.6. The van der Waals surface area contributed by atoms with Gasteiger partial charge in [0.05, 0.1) is 13.7 Å². The number of amides is 1. The van der Waals surface area contributed by atoms with Crippen molar-refractivity contribution in [3.05, 3.63) is 29.3 Å². The topological polar surface area (TPSA) is 74.8 Å². The maximum Gasteiger partial charge on any atom is 0.239 e. The number of hydrogen-bond acceptors (Lipinski definition) is 3. The van der Waals surface area contributed by atoms with E-state index < -0.39 is 0 Å². The van der Waals surface area contributed by atoms with Crippen molar-refractivity contribution in [1.29, 1.82) is 0 Å². The van der Waals surface area contributed by atoms with Crippen LogP contribution < -0.4 is 20.7 Å². The molecule has 0 fully saturated rings. The van der Waals surface area contributed by atoms with Gasteiger partial charge in [-0.15, -0.1) is 0 Å². The Bertz CT molecular complexity index is 577. The summed E-state index contributed by atoms with van der Waals surface area (Å²) in [4.78, 5) is 16.0. The summed E-state index contributed by atoms with van der Waals surface area (Å²) in [6.07, 6.45) is 0.805. The lowest BCUT2D eigenvalue weighted by atomic mass is 10.1. The van der Waals surface area contributed by atoms with Crippen molar-refractivity contribution >= 4 is 11.9 Å². The fourth-order valence-electron chi connectivity index (χ4n) is 2.27. The SMILES string of the molecule is CN=C(NCCc1cc(C)ccc1OC)NCC(=O)NC(C)(C)C. The Morgan fingerprint density at radius 3 is 2.54 bits per heavy atom. The normalized spacial score (nSPS) is 11.8. The summed E-state index contributed by atoms with van der Waals surface area (Å²) in [5.41, 5.74) is 2.11. The average molecular weight is 334 g/mol. The minimum Gasteiger partial charge on any atom is -0.496 e. The van der Waals surface area contributed by atoms with Gasteiger partial charge in [0.25, 0.3) is 0 Å². The lowest BCUT2D eigenvalue weighted by Crippen LogP contribution is -2.48. The number of aryl methyl sites for hydroxylation is 1. The first-order valence-corrected chi connectivity index (χ1v) is 8.14. The molecule has 24 heavy (non-hydrogen) atoms. The van der Waals surface area contributed by atoms with Gasteiger partial charge in [0.2, 0.25) is 5.91 Å². The number of benzene rings is 1. The molecule has 0 unspecified atom stereocenters. The number of carbonyl (C=O) groups is 1. The highest BCUT2D eigenvalue weighted by Gasteiger charge is 2.13. The Morgan fingerprint density at radius 2 is 1.96 bits per heavy atom. The molecule has 0 radical (unpaired) electrons. The Balaban J connectivity index is 2.45. The van der Waals surface area contributed by atoms with Crippen LogP contribution in [-0.4, -0.2) is 44.7 Å². The van der Waals surface area contributed by atoms with Gasteiger partial charge >= 0.3 is 0 Å². The minimum atomic E-state index is -0.239. The van der Waals surface area contributed by atoms with Crippen LogP contribution in [0.25, 0.3) is 0 Å². The molecule has 0 bridgehead atoms. The molecular weight excluding hydrogens is 304 g/mol. The van der Waals surface area contributed by atoms with Crippen molar-refractivity contribution < 1.29 is 9.53 Å². The molecule has 0 saturated heterocycles. The highest BCUT2D eigenvalue weighted by Crippen LogP contribution is 2.19. The van der Waals surface area contributed by atoms with Gasteiger partial charge in [0.1, 0.15) is 5.75 Å². The average Bonchev–Trinajstić information content (AvgIpc) is 2.49. The maximum absolute atomic E-state index is 11.8. The van der Waals surface area contributed by atoms with Crippen molar-refractivity contribution in [2.45, 2.75) is 39.7 Å². The van der Waals surface area contributed by atoms with Gasteiger partial charge < -0.3 is 20.7 Å². The largest absolute Gasteiger partial charge is 0.496 e. The molecule has 1 amide bonds. The van der Waals surface area contributed by atoms with Gasteiger partial charge in [-0.05, 0) is 45.7 Å². The Morgan fingerprint density at radius 1 is 1.25 bits per heavy atom. The van der Waals surface area contributed by atoms with E-state index in [1.54, 1.807) is 14.2 Å². The smallest absolute Gasteiger partial charge is 0.239 e. The first-order chi connectivity index (χ1) is 11.2. The molecule has 1 rings (SSSR count). The van der Waals surface area contributed by atoms with Crippen molar-refractivity contribution in [3.8, 4) is 5.75 Å². The number of methoxy groups -OCH3 is 1. The fourth-order valence-corrected chi connectivity index (χ4v) is 2.27. The number of ether oxygens (including phenoxy) is 1. The van der Waals surface area contributed by atoms with Gasteiger partial charge in [-0.2, -0.15) is 0 Å². The number of nitrogens with one attached hydrogen (secondary N) is 3. The highest BCUT2D eigenvalue weighted by atomic mass is 16.5. The summed E-state index contributed by atoms with van der Waals surface area (Å²) in [6.45, 7) is 8.80. The molecule has 0 aliphatic carbocycles. The predicted molar refractivity (Wildman–Crippen MR) is 98.7 cm³/mol. The first-order valence-electron chi connectivity index (χ1n) is 8.14. The molecule has 0 atom stereocenters. The van der Waals surface area contributed by atoms with Crippen molar-refractivity contribution in [2.75, 3.05) is 27.2 Å². The van der Waals surface area contributed by atoms with E-state index in [1.165, 1.54) is 5.56 Å². The van der Waals surface area contributed by atoms with Gasteiger partial charge in [0, 0.05) is 19.1 Å². The molecule has 0 aromatic heterocycles. The highest BCUT2D eigenvalue weighted by molar-refractivity contribution is 5.86. The minimum absolute atomic E-state index is 0.0641. The van der Waals surface area contributed by atoms with E-state index in [0.717, 1.165) is 17.7 Å². The number of nitrogens with zero attached hydrogens (tertiary/aromatic N) is 1. The van der Waals surface area contributed by atoms with E-state index in [1.807, 2.05) is 32.9 Å². The molecule has 6 nitrogen and oxygen atoms in total. The zero-order chi connectivity index (χ0) is 18.2. The van der Waals surface area contributed by atoms with Crippen molar-refractivity contribution in [1.82, 2.24) is 16.0 Å². The first kappa shape index (κ1) is 19.8. The summed E-state index contributed by atoms with van der Waals surface area (Å²) in [5.74, 6) is 1.42. The van der Waals surface area contributed by atoms with Crippen LogP contribution in [0.2, 0.25) is 0 Å². The van der Waals surface area contributed by atoms with Gasteiger partial charge in [-0.25, -0.2) is 0 Å². The number of guanidine groups is 1. The van der Waals surface area contributed by atoms with Crippen LogP contribution in [0.3, 0.4) is 0 Å². The van der Waals surface area contributed by atoms with Gasteiger partial charge in [-0.3, -0.25) is 9.79 Å². The zero-order valence-corrected chi connectivity index (χ0v) is 15.6. The third-order valence-corrected chi connectivity index (χ3v) is 3.28. The molecule has 1 aromatic carbocycles. The maximum atomic E-state index is 11.8. The quantitative estimate of drug-likeness (QED) is 0.546. The second-order valence-corrected chi connectivity index (χ2v) is 6.72. The summed E-state index contributed by atoms with van der Waals surface area (Å²) in [5, 5.41) is 9.12. The van der Waals surface area contributed by atoms with Crippen LogP contribution in [0.5, 0.6) is 5.75 Å². The number of rotatable bonds is 6. The van der Waals surface area contributed by atoms with E-state index in [2.05, 4.69) is 33.9 Å². The Kier molecular flexibility index (Phi) is 7.55. The third kappa shape index (κ3) is 7.35. The van der Waals surface area contributed by atoms with Crippen LogP contribution in [0, 0.1) is 6.92 Å². The summed E-state index contributed by atoms with van der Waals surface area (Å²) < 4.78 is 5.38. The molecule has 0 aliphatic rings. The lowest BCUT2D eigenvalue weighted by Gasteiger charge is -2.21. The summed E-state index contributed by atoms with van der Waals surface area (Å²) in [6, 6.07) is 6.13. The molecular formula is C18H30N4O2. The molecule has 6 heteroatoms. The van der Waals surface area contributed by atoms with Crippen LogP contribution in [0.1, 0.15) is 31.9 Å². The molecule has 0 saturated carbocycles. The summed E-state index contributed by atoms with van der Waals surface area (Å²) >= 11 is 0. The summed E-state index contributed by atoms with van der Waals surface area (Å²) in [7, 11) is 3.36. The third-order valence-electron chi connectivity index (χ3n) is 3.28. The van der Waals surface area contributed by atoms with Crippen LogP contribution >= 0.6 is 0 Å². The van der Waals surface area contributed by atoms with Crippen molar-refractivity contribution in [2.24, 2.45) is 4.99 Å². The standard InChI is InChI=1S/C18H30N4O2/c1-13-7-8-15(24-6)14(11-13)9-10-20-17(19-5)21-12-16(23)22-18(2,3)4/h7-8,11H,9-10,12H2,1-6H3,(H,22,23)(H2,19,20,21). The fraction of sp³-hybridized carbons (Fsp3) is 0.556. The second-order valence-electron chi connectivity index (χ2n) is 6.72. The van der Waals surface area contributed by atoms with Crippen LogP contribution in [0.4, 0.5) is 0 Å². The second kappa shape index (κ2) is 9.15. The van der Waals surface area contributed by atoms with E-state index in [4.69, 9.17) is 4.74 Å². The number of aliphatic imine (C=N–C) groups is 1. The molecule has 0 heterocycles. The Hall–Kier alpha value is -2.24. The van der Waals surface area contributed by atoms with E-state index in [-0.39, 0.29) is 18.0 Å². The molecule has 0 spiro atoms. The monoisotopic (exact) mass is 334 g/mol. The van der Waals surface area contributed by atoms with Gasteiger partial charge in [0.15, 0.2) is 5.96 Å². The van der Waals surface area contributed by atoms with Crippen LogP contribution in [0.15, 0.2) is 23.2 Å². The van der Waals surface area contributed by atoms with E-state index in [9.17, 15) is 4.79 Å². The number of carbonyl (C=O) groups excluding carboxylic acids is 1. The molecule has 1 aromatic rings. The molecule has 3 N–H and O–H groups in total. The van der Waals surface area contributed by atoms with Crippen LogP contribution in [-0.2, 0) is 11.2 Å². The molecule has 134 valence electrons. The van der Waals surface area contributed by atoms with E-state index in [0.29, 0.717) is 12.5 Å². The van der Waals surface area contributed by atoms with Crippen molar-refractivity contribution in [3.63, 3.8) is 0 Å². The predicted octanol–water partition coefficient (Wildman–Crippen LogP) is 1.63. The Labute approximate surface area is 145 Å². The number of hydrogen-bond donors (Lipinski definition) is 3. The molecule has 0 aliphatic heterocycles. The van der Waals surface area contributed by atoms with E-state index >= 15 is 0 Å². The lowest BCUT2D eigenvalue weighted by molar-refractivity contribution is -0.121. The van der Waals surface area contributed by atoms with Gasteiger partial charge in [-0.1, -0.05) is 17.7 Å².